The topological polar surface area (TPSA) is 38.7 Å². The highest BCUT2D eigenvalue weighted by Gasteiger charge is 2.13. The summed E-state index contributed by atoms with van der Waals surface area (Å²) < 4.78 is 9.01. The Morgan fingerprint density at radius 3 is 2.19 bits per heavy atom. The van der Waals surface area contributed by atoms with E-state index >= 15 is 0 Å². The van der Waals surface area contributed by atoms with Gasteiger partial charge in [-0.1, -0.05) is 41.5 Å². The van der Waals surface area contributed by atoms with Gasteiger partial charge in [0.15, 0.2) is 0 Å². The van der Waals surface area contributed by atoms with E-state index in [0.29, 0.717) is 6.61 Å². The second kappa shape index (κ2) is 6.28. The van der Waals surface area contributed by atoms with Crippen LogP contribution < -0.4 is 0 Å². The Bertz CT molecular complexity index is 249. The van der Waals surface area contributed by atoms with Crippen LogP contribution >= 0.6 is 11.9 Å². The van der Waals surface area contributed by atoms with E-state index in [1.54, 1.807) is 0 Å². The number of rotatable bonds is 4. The molecular formula is C12H23NO2S. The van der Waals surface area contributed by atoms with Gasteiger partial charge in [-0.2, -0.15) is 0 Å². The van der Waals surface area contributed by atoms with Crippen molar-refractivity contribution in [2.45, 2.75) is 41.5 Å². The van der Waals surface area contributed by atoms with Crippen molar-refractivity contribution in [1.82, 2.24) is 0 Å². The van der Waals surface area contributed by atoms with Crippen LogP contribution in [0.3, 0.4) is 0 Å². The van der Waals surface area contributed by atoms with Crippen LogP contribution in [0.5, 0.6) is 0 Å². The molecule has 0 saturated carbocycles. The molecule has 94 valence electrons. The van der Waals surface area contributed by atoms with Gasteiger partial charge in [0.2, 0.25) is 0 Å². The molecule has 0 bridgehead atoms. The van der Waals surface area contributed by atoms with Crippen molar-refractivity contribution in [2.24, 2.45) is 15.2 Å². The number of esters is 1. The fourth-order valence-electron chi connectivity index (χ4n) is 0.636. The zero-order chi connectivity index (χ0) is 12.8. The standard InChI is InChI=1S/C12H23NO2S/c1-11(2,3)8-15-10(14)7-13-16-9-12(4,5)6/h7H,8-9H2,1-6H3. The predicted molar refractivity (Wildman–Crippen MR) is 70.8 cm³/mol. The predicted octanol–water partition coefficient (Wildman–Crippen LogP) is 3.34. The zero-order valence-corrected chi connectivity index (χ0v) is 12.0. The summed E-state index contributed by atoms with van der Waals surface area (Å²) in [5, 5.41) is 0. The third kappa shape index (κ3) is 11.6. The lowest BCUT2D eigenvalue weighted by atomic mass is 9.99. The summed E-state index contributed by atoms with van der Waals surface area (Å²) in [6, 6.07) is 0. The first-order chi connectivity index (χ1) is 7.10. The Balaban J connectivity index is 3.76. The fraction of sp³-hybridized carbons (Fsp3) is 0.833. The first-order valence-corrected chi connectivity index (χ1v) is 6.36. The molecule has 16 heavy (non-hydrogen) atoms. The Hall–Kier alpha value is -0.510. The number of hydrogen-bond donors (Lipinski definition) is 0. The lowest BCUT2D eigenvalue weighted by Gasteiger charge is -2.16. The Morgan fingerprint density at radius 1 is 1.19 bits per heavy atom. The van der Waals surface area contributed by atoms with E-state index in [2.05, 4.69) is 25.2 Å². The number of carbonyl (C=O) groups is 1. The third-order valence-corrected chi connectivity index (χ3v) is 2.63. The lowest BCUT2D eigenvalue weighted by Crippen LogP contribution is -2.18. The van der Waals surface area contributed by atoms with Gasteiger partial charge in [0.25, 0.3) is 0 Å². The van der Waals surface area contributed by atoms with Gasteiger partial charge in [-0.25, -0.2) is 9.19 Å². The van der Waals surface area contributed by atoms with Crippen molar-refractivity contribution in [3.05, 3.63) is 0 Å². The molecule has 0 aromatic heterocycles. The molecule has 0 heterocycles. The minimum absolute atomic E-state index is 0.00204. The second-order valence-corrected chi connectivity index (χ2v) is 6.99. The molecule has 0 aromatic carbocycles. The lowest BCUT2D eigenvalue weighted by molar-refractivity contribution is -0.137. The van der Waals surface area contributed by atoms with E-state index in [4.69, 9.17) is 4.74 Å². The summed E-state index contributed by atoms with van der Waals surface area (Å²) in [4.78, 5) is 11.2. The van der Waals surface area contributed by atoms with Crippen molar-refractivity contribution >= 4 is 24.1 Å². The molecule has 3 nitrogen and oxygen atoms in total. The van der Waals surface area contributed by atoms with E-state index in [9.17, 15) is 4.79 Å². The number of nitrogens with zero attached hydrogens (tertiary/aromatic N) is 1. The third-order valence-electron chi connectivity index (χ3n) is 1.38. The molecule has 0 aliphatic carbocycles. The maximum absolute atomic E-state index is 11.2. The second-order valence-electron chi connectivity index (χ2n) is 6.24. The fourth-order valence-corrected chi connectivity index (χ4v) is 1.26. The van der Waals surface area contributed by atoms with Gasteiger partial charge < -0.3 is 4.74 Å². The van der Waals surface area contributed by atoms with Gasteiger partial charge in [-0.3, -0.25) is 0 Å². The van der Waals surface area contributed by atoms with Crippen LogP contribution in [0.1, 0.15) is 41.5 Å². The van der Waals surface area contributed by atoms with Crippen molar-refractivity contribution in [2.75, 3.05) is 12.4 Å². The highest BCUT2D eigenvalue weighted by Crippen LogP contribution is 2.20. The van der Waals surface area contributed by atoms with Gasteiger partial charge in [0, 0.05) is 5.75 Å². The minimum atomic E-state index is -0.365. The molecule has 0 aromatic rings. The Morgan fingerprint density at radius 2 is 1.75 bits per heavy atom. The summed E-state index contributed by atoms with van der Waals surface area (Å²) in [6.07, 6.45) is 1.25. The van der Waals surface area contributed by atoms with E-state index < -0.39 is 0 Å². The molecule has 0 aliphatic heterocycles. The number of hydrogen-bond acceptors (Lipinski definition) is 4. The maximum Gasteiger partial charge on any atom is 0.350 e. The Kier molecular flexibility index (Phi) is 6.08. The summed E-state index contributed by atoms with van der Waals surface area (Å²) >= 11 is 1.39. The Labute approximate surface area is 103 Å². The molecule has 0 fully saturated rings. The van der Waals surface area contributed by atoms with E-state index in [-0.39, 0.29) is 16.8 Å². The molecule has 0 radical (unpaired) electrons. The number of carbonyl (C=O) groups excluding carboxylic acids is 1. The van der Waals surface area contributed by atoms with Crippen molar-refractivity contribution in [3.8, 4) is 0 Å². The molecule has 0 rings (SSSR count). The molecular weight excluding hydrogens is 222 g/mol. The SMILES string of the molecule is CC(C)(C)COC(=O)C=NSCC(C)(C)C. The minimum Gasteiger partial charge on any atom is -0.461 e. The maximum atomic E-state index is 11.2. The van der Waals surface area contributed by atoms with E-state index in [1.807, 2.05) is 20.8 Å². The van der Waals surface area contributed by atoms with Gasteiger partial charge in [-0.15, -0.1) is 0 Å². The molecule has 0 saturated heterocycles. The average molecular weight is 245 g/mol. The summed E-state index contributed by atoms with van der Waals surface area (Å²) in [5.41, 5.74) is 0.222. The quantitative estimate of drug-likeness (QED) is 0.433. The van der Waals surface area contributed by atoms with Crippen molar-refractivity contribution < 1.29 is 9.53 Å². The first-order valence-electron chi connectivity index (χ1n) is 5.42. The van der Waals surface area contributed by atoms with Crippen LogP contribution in [-0.4, -0.2) is 24.5 Å². The molecule has 0 unspecified atom stereocenters. The first kappa shape index (κ1) is 15.5. The van der Waals surface area contributed by atoms with Crippen molar-refractivity contribution in [1.29, 1.82) is 0 Å². The van der Waals surface area contributed by atoms with Crippen molar-refractivity contribution in [3.63, 3.8) is 0 Å². The normalized spacial score (nSPS) is 13.1. The van der Waals surface area contributed by atoms with Crippen LogP contribution in [0.2, 0.25) is 0 Å². The molecule has 0 atom stereocenters. The van der Waals surface area contributed by atoms with E-state index in [0.717, 1.165) is 5.75 Å². The van der Waals surface area contributed by atoms with Crippen LogP contribution in [0.25, 0.3) is 0 Å². The zero-order valence-electron chi connectivity index (χ0n) is 11.2. The van der Waals surface area contributed by atoms with Gasteiger partial charge in [0.1, 0.15) is 6.21 Å². The molecule has 0 N–H and O–H groups in total. The molecule has 0 amide bonds. The molecule has 4 heteroatoms. The van der Waals surface area contributed by atoms with Crippen LogP contribution in [0.15, 0.2) is 4.40 Å². The van der Waals surface area contributed by atoms with Gasteiger partial charge in [0.05, 0.1) is 6.61 Å². The monoisotopic (exact) mass is 245 g/mol. The smallest absolute Gasteiger partial charge is 0.350 e. The summed E-state index contributed by atoms with van der Waals surface area (Å²) in [7, 11) is 0. The number of ether oxygens (including phenoxy) is 1. The summed E-state index contributed by atoms with van der Waals surface area (Å²) in [6.45, 7) is 12.9. The summed E-state index contributed by atoms with van der Waals surface area (Å²) in [5.74, 6) is 0.520. The molecule has 0 spiro atoms. The average Bonchev–Trinajstić information content (AvgIpc) is 2.06. The van der Waals surface area contributed by atoms with Crippen LogP contribution in [0.4, 0.5) is 0 Å². The highest BCUT2D eigenvalue weighted by atomic mass is 32.2. The largest absolute Gasteiger partial charge is 0.461 e. The van der Waals surface area contributed by atoms with E-state index in [1.165, 1.54) is 18.2 Å². The highest BCUT2D eigenvalue weighted by molar-refractivity contribution is 7.98. The van der Waals surface area contributed by atoms with Crippen LogP contribution in [-0.2, 0) is 9.53 Å². The van der Waals surface area contributed by atoms with Gasteiger partial charge >= 0.3 is 5.97 Å². The van der Waals surface area contributed by atoms with Crippen LogP contribution in [0, 0.1) is 10.8 Å². The molecule has 0 aliphatic rings. The van der Waals surface area contributed by atoms with Gasteiger partial charge in [-0.05, 0) is 22.8 Å².